The zero-order valence-corrected chi connectivity index (χ0v) is 40.9. The SMILES string of the molecule is C=C(C)[C@@H]1CC[C@]2(NCCN3CCS(=O)(=O)CC3)CC[C@]3(C)[C@H](CC[C@@H]4[C@@]5(C)CC=C(C6=CCC(COc7cnnn7-c7ccccc7)(C(=O)OCC)CC6)C(C)(C)[C@@H]5CC[C@]43C)[C@@H]12. The van der Waals surface area contributed by atoms with Crippen LogP contribution in [-0.2, 0) is 19.4 Å². The van der Waals surface area contributed by atoms with Crippen molar-refractivity contribution >= 4 is 15.8 Å². The van der Waals surface area contributed by atoms with Crippen molar-refractivity contribution in [2.75, 3.05) is 50.9 Å². The van der Waals surface area contributed by atoms with E-state index in [1.165, 1.54) is 68.1 Å². The summed E-state index contributed by atoms with van der Waals surface area (Å²) in [5.41, 5.74) is 5.20. The van der Waals surface area contributed by atoms with Crippen LogP contribution in [0.3, 0.4) is 0 Å². The van der Waals surface area contributed by atoms with Gasteiger partial charge in [0, 0.05) is 31.7 Å². The Morgan fingerprint density at radius 3 is 2.38 bits per heavy atom. The van der Waals surface area contributed by atoms with Gasteiger partial charge in [-0.25, -0.2) is 8.42 Å². The summed E-state index contributed by atoms with van der Waals surface area (Å²) < 4.78 is 38.1. The molecule has 7 aliphatic rings. The standard InChI is InChI=1S/C53H77N5O5S/c1-9-62-47(59)52(36-63-45-35-55-56-58(45)39-13-11-10-12-14-39)24-17-38(18-25-52)41-20-22-49(6)43(48(41,4)5)21-23-51(8)44(49)16-15-42-46-40(37(2)3)19-26-53(46,28-27-50(42,51)7)54-29-30-57-31-33-64(60,61)34-32-57/h10-14,17,20,35,40,42-44,46,54H,2,9,15-16,18-19,21-34,36H2,1,3-8H3/t40-,42+,43-,44+,46+,49-,50+,51+,52?,53-/m0/s1. The number of esters is 1. The van der Waals surface area contributed by atoms with Gasteiger partial charge < -0.3 is 19.7 Å². The number of ether oxygens (including phenoxy) is 2. The Bertz CT molecular complexity index is 2260. The number of sulfone groups is 1. The topological polar surface area (TPSA) is 116 Å². The fourth-order valence-electron chi connectivity index (χ4n) is 16.1. The van der Waals surface area contributed by atoms with Crippen LogP contribution in [0.4, 0.5) is 0 Å². The second kappa shape index (κ2) is 16.8. The Morgan fingerprint density at radius 1 is 0.906 bits per heavy atom. The minimum atomic E-state index is -2.88. The van der Waals surface area contributed by atoms with Gasteiger partial charge in [-0.3, -0.25) is 4.79 Å². The maximum atomic E-state index is 13.8. The number of carbonyl (C=O) groups excluding carboxylic acids is 1. The monoisotopic (exact) mass is 896 g/mol. The van der Waals surface area contributed by atoms with Crippen LogP contribution in [0, 0.1) is 56.7 Å². The van der Waals surface area contributed by atoms with Crippen molar-refractivity contribution < 1.29 is 22.7 Å². The smallest absolute Gasteiger partial charge is 0.315 e. The van der Waals surface area contributed by atoms with Crippen LogP contribution < -0.4 is 10.1 Å². The van der Waals surface area contributed by atoms with E-state index in [1.807, 2.05) is 37.3 Å². The van der Waals surface area contributed by atoms with Crippen molar-refractivity contribution in [1.29, 1.82) is 0 Å². The molecule has 1 aliphatic heterocycles. The molecular weight excluding hydrogens is 819 g/mol. The number of fused-ring (bicyclic) bond motifs is 7. The number of para-hydroxylation sites is 1. The number of carbonyl (C=O) groups is 1. The molecule has 350 valence electrons. The molecule has 10 nitrogen and oxygen atoms in total. The van der Waals surface area contributed by atoms with Crippen LogP contribution in [0.5, 0.6) is 5.88 Å². The minimum Gasteiger partial charge on any atom is -0.475 e. The molecule has 0 amide bonds. The number of hydrogen-bond acceptors (Lipinski definition) is 9. The highest BCUT2D eigenvalue weighted by atomic mass is 32.2. The second-order valence-corrected chi connectivity index (χ2v) is 25.2. The zero-order valence-electron chi connectivity index (χ0n) is 40.1. The maximum Gasteiger partial charge on any atom is 0.315 e. The lowest BCUT2D eigenvalue weighted by atomic mass is 9.33. The van der Waals surface area contributed by atoms with Gasteiger partial charge in [0.05, 0.1) is 23.8 Å². The predicted molar refractivity (Wildman–Crippen MR) is 254 cm³/mol. The minimum absolute atomic E-state index is 0.00682. The lowest BCUT2D eigenvalue weighted by molar-refractivity contribution is -0.221. The van der Waals surface area contributed by atoms with Crippen molar-refractivity contribution in [3.63, 3.8) is 0 Å². The Balaban J connectivity index is 0.930. The van der Waals surface area contributed by atoms with Gasteiger partial charge in [-0.1, -0.05) is 82.3 Å². The van der Waals surface area contributed by atoms with E-state index in [4.69, 9.17) is 9.47 Å². The molecule has 11 heteroatoms. The molecule has 1 N–H and O–H groups in total. The summed E-state index contributed by atoms with van der Waals surface area (Å²) in [4.78, 5) is 16.2. The van der Waals surface area contributed by atoms with E-state index < -0.39 is 15.3 Å². The Labute approximate surface area is 384 Å². The van der Waals surface area contributed by atoms with Crippen LogP contribution in [0.1, 0.15) is 126 Å². The highest BCUT2D eigenvalue weighted by Gasteiger charge is 2.70. The van der Waals surface area contributed by atoms with Crippen molar-refractivity contribution in [2.24, 2.45) is 56.7 Å². The molecule has 5 fully saturated rings. The normalized spacial score (nSPS) is 39.0. The van der Waals surface area contributed by atoms with E-state index in [-0.39, 0.29) is 39.8 Å². The van der Waals surface area contributed by atoms with Crippen molar-refractivity contribution in [3.8, 4) is 11.6 Å². The molecule has 1 aromatic heterocycles. The van der Waals surface area contributed by atoms with Crippen LogP contribution >= 0.6 is 0 Å². The van der Waals surface area contributed by atoms with Crippen LogP contribution in [0.2, 0.25) is 0 Å². The Hall–Kier alpha value is -3.28. The van der Waals surface area contributed by atoms with E-state index in [2.05, 4.69) is 80.8 Å². The van der Waals surface area contributed by atoms with Crippen molar-refractivity contribution in [2.45, 2.75) is 131 Å². The van der Waals surface area contributed by atoms with Gasteiger partial charge in [-0.15, -0.1) is 5.10 Å². The third-order valence-electron chi connectivity index (χ3n) is 19.7. The van der Waals surface area contributed by atoms with Crippen molar-refractivity contribution in [3.05, 3.63) is 72.0 Å². The average molecular weight is 896 g/mol. The van der Waals surface area contributed by atoms with Gasteiger partial charge in [0.2, 0.25) is 5.88 Å². The van der Waals surface area contributed by atoms with Gasteiger partial charge in [0.15, 0.2) is 9.84 Å². The summed E-state index contributed by atoms with van der Waals surface area (Å²) in [6.07, 6.45) is 19.9. The first kappa shape index (κ1) is 45.9. The number of benzene rings is 1. The fourth-order valence-corrected chi connectivity index (χ4v) is 17.4. The van der Waals surface area contributed by atoms with Crippen LogP contribution in [0.25, 0.3) is 5.69 Å². The van der Waals surface area contributed by atoms with Gasteiger partial charge in [-0.2, -0.15) is 4.68 Å². The molecular formula is C53H77N5O5S. The van der Waals surface area contributed by atoms with Crippen molar-refractivity contribution in [1.82, 2.24) is 25.2 Å². The first-order valence-corrected chi connectivity index (χ1v) is 26.7. The van der Waals surface area contributed by atoms with Gasteiger partial charge in [-0.05, 0) is 165 Å². The quantitative estimate of drug-likeness (QED) is 0.164. The Morgan fingerprint density at radius 2 is 1.67 bits per heavy atom. The molecule has 2 aromatic rings. The first-order chi connectivity index (χ1) is 30.4. The molecule has 1 aromatic carbocycles. The molecule has 0 radical (unpaired) electrons. The largest absolute Gasteiger partial charge is 0.475 e. The van der Waals surface area contributed by atoms with E-state index in [0.29, 0.717) is 79.5 Å². The van der Waals surface area contributed by atoms with Crippen LogP contribution in [-0.4, -0.2) is 90.7 Å². The molecule has 9 rings (SSSR count). The summed E-state index contributed by atoms with van der Waals surface area (Å²) >= 11 is 0. The molecule has 0 spiro atoms. The Kier molecular flexibility index (Phi) is 12.0. The number of rotatable bonds is 12. The lowest BCUT2D eigenvalue weighted by Gasteiger charge is -2.72. The third kappa shape index (κ3) is 7.48. The number of nitrogens with one attached hydrogen (secondary N) is 1. The molecule has 2 heterocycles. The lowest BCUT2D eigenvalue weighted by Crippen LogP contribution is -2.68. The van der Waals surface area contributed by atoms with E-state index in [0.717, 1.165) is 31.6 Å². The van der Waals surface area contributed by atoms with Gasteiger partial charge >= 0.3 is 5.97 Å². The van der Waals surface area contributed by atoms with Gasteiger partial charge in [0.1, 0.15) is 18.2 Å². The molecule has 4 saturated carbocycles. The number of allylic oxidation sites excluding steroid dienone is 5. The number of aromatic nitrogens is 3. The highest BCUT2D eigenvalue weighted by Crippen LogP contribution is 2.76. The number of hydrogen-bond donors (Lipinski definition) is 1. The zero-order chi connectivity index (χ0) is 45.3. The summed E-state index contributed by atoms with van der Waals surface area (Å²) in [5, 5.41) is 12.6. The maximum absolute atomic E-state index is 13.8. The highest BCUT2D eigenvalue weighted by molar-refractivity contribution is 7.91. The van der Waals surface area contributed by atoms with Gasteiger partial charge in [0.25, 0.3) is 0 Å². The third-order valence-corrected chi connectivity index (χ3v) is 21.3. The number of nitrogens with zero attached hydrogens (tertiary/aromatic N) is 4. The average Bonchev–Trinajstić information content (AvgIpc) is 3.90. The van der Waals surface area contributed by atoms with Crippen LogP contribution in [0.15, 0.2) is 72.0 Å². The molecule has 6 aliphatic carbocycles. The van der Waals surface area contributed by atoms with E-state index in [1.54, 1.807) is 10.9 Å². The molecule has 10 atom stereocenters. The first-order valence-electron chi connectivity index (χ1n) is 24.9. The predicted octanol–water partition coefficient (Wildman–Crippen LogP) is 9.57. The molecule has 1 saturated heterocycles. The summed E-state index contributed by atoms with van der Waals surface area (Å²) in [5.74, 6) is 3.95. The molecule has 1 unspecified atom stereocenters. The molecule has 64 heavy (non-hydrogen) atoms. The second-order valence-electron chi connectivity index (χ2n) is 22.8. The summed E-state index contributed by atoms with van der Waals surface area (Å²) in [6.45, 7) is 25.7. The molecule has 0 bridgehead atoms. The summed E-state index contributed by atoms with van der Waals surface area (Å²) in [7, 11) is -2.88. The van der Waals surface area contributed by atoms with E-state index >= 15 is 0 Å². The van der Waals surface area contributed by atoms with E-state index in [9.17, 15) is 13.2 Å². The fraction of sp³-hybridized carbons (Fsp3) is 0.717. The summed E-state index contributed by atoms with van der Waals surface area (Å²) in [6, 6.07) is 9.82.